The van der Waals surface area contributed by atoms with Gasteiger partial charge in [-0.15, -0.1) is 0 Å². The molecule has 0 saturated carbocycles. The van der Waals surface area contributed by atoms with Crippen molar-refractivity contribution in [1.29, 1.82) is 0 Å². The highest BCUT2D eigenvalue weighted by molar-refractivity contribution is 4.71. The zero-order chi connectivity index (χ0) is 7.56. The van der Waals surface area contributed by atoms with Crippen molar-refractivity contribution in [2.24, 2.45) is 0 Å². The van der Waals surface area contributed by atoms with Crippen molar-refractivity contribution >= 4 is 0 Å². The van der Waals surface area contributed by atoms with Crippen LogP contribution in [0.1, 0.15) is 13.3 Å². The minimum absolute atomic E-state index is 0.107. The normalized spacial score (nSPS) is 41.7. The maximum Gasteiger partial charge on any atom is 0.118 e. The smallest absolute Gasteiger partial charge is 0.118 e. The van der Waals surface area contributed by atoms with E-state index < -0.39 is 6.10 Å². The van der Waals surface area contributed by atoms with E-state index in [1.165, 1.54) is 0 Å². The summed E-state index contributed by atoms with van der Waals surface area (Å²) in [4.78, 5) is 9.38. The van der Waals surface area contributed by atoms with Crippen molar-refractivity contribution in [3.63, 3.8) is 0 Å². The van der Waals surface area contributed by atoms with Gasteiger partial charge in [-0.25, -0.2) is 9.78 Å². The highest BCUT2D eigenvalue weighted by Gasteiger charge is 2.27. The Morgan fingerprint density at radius 3 is 2.70 bits per heavy atom. The fourth-order valence-electron chi connectivity index (χ4n) is 0.836. The summed E-state index contributed by atoms with van der Waals surface area (Å²) < 4.78 is 0. The van der Waals surface area contributed by atoms with E-state index in [1.807, 2.05) is 0 Å². The predicted octanol–water partition coefficient (Wildman–Crippen LogP) is -0.551. The van der Waals surface area contributed by atoms with Gasteiger partial charge in [0.15, 0.2) is 0 Å². The minimum atomic E-state index is -0.522. The van der Waals surface area contributed by atoms with Gasteiger partial charge < -0.3 is 10.2 Å². The number of hydrogen-bond donors (Lipinski definition) is 2. The first kappa shape index (κ1) is 7.94. The maximum atomic E-state index is 9.16. The van der Waals surface area contributed by atoms with E-state index >= 15 is 0 Å². The molecule has 2 N–H and O–H groups in total. The second kappa shape index (κ2) is 3.30. The molecule has 1 heterocycles. The lowest BCUT2D eigenvalue weighted by Crippen LogP contribution is -2.39. The third-order valence-corrected chi connectivity index (χ3v) is 1.59. The standard InChI is InChI=1S/C6H12O4/c1-4-6(8)2-5(3-7)10-9-4/h4-8H,2-3H2,1H3/t4-,5?,6?/m1/s1. The molecular formula is C6H12O4. The first-order chi connectivity index (χ1) is 4.74. The molecule has 1 aliphatic heterocycles. The molecule has 3 atom stereocenters. The Balaban J connectivity index is 2.33. The molecule has 4 heteroatoms. The maximum absolute atomic E-state index is 9.16. The molecule has 60 valence electrons. The first-order valence-corrected chi connectivity index (χ1v) is 3.35. The summed E-state index contributed by atoms with van der Waals surface area (Å²) in [5, 5.41) is 17.7. The van der Waals surface area contributed by atoms with Crippen molar-refractivity contribution in [1.82, 2.24) is 0 Å². The van der Waals surface area contributed by atoms with Crippen LogP contribution in [0.25, 0.3) is 0 Å². The number of aliphatic hydroxyl groups is 2. The van der Waals surface area contributed by atoms with E-state index in [0.717, 1.165) is 0 Å². The molecule has 0 amide bonds. The van der Waals surface area contributed by atoms with Crippen LogP contribution in [0.3, 0.4) is 0 Å². The lowest BCUT2D eigenvalue weighted by Gasteiger charge is -2.28. The Labute approximate surface area is 59.3 Å². The van der Waals surface area contributed by atoms with E-state index in [-0.39, 0.29) is 18.8 Å². The fourth-order valence-corrected chi connectivity index (χ4v) is 0.836. The van der Waals surface area contributed by atoms with Crippen molar-refractivity contribution in [3.05, 3.63) is 0 Å². The average molecular weight is 148 g/mol. The van der Waals surface area contributed by atoms with Gasteiger partial charge in [-0.2, -0.15) is 0 Å². The Bertz CT molecular complexity index is 106. The Morgan fingerprint density at radius 1 is 1.50 bits per heavy atom. The summed E-state index contributed by atoms with van der Waals surface area (Å²) in [6, 6.07) is 0. The summed E-state index contributed by atoms with van der Waals surface area (Å²) >= 11 is 0. The lowest BCUT2D eigenvalue weighted by molar-refractivity contribution is -0.391. The molecule has 1 rings (SSSR count). The van der Waals surface area contributed by atoms with Crippen LogP contribution >= 0.6 is 0 Å². The van der Waals surface area contributed by atoms with E-state index in [9.17, 15) is 0 Å². The first-order valence-electron chi connectivity index (χ1n) is 3.35. The number of rotatable bonds is 1. The van der Waals surface area contributed by atoms with E-state index in [4.69, 9.17) is 15.1 Å². The van der Waals surface area contributed by atoms with E-state index in [1.54, 1.807) is 6.92 Å². The molecule has 0 radical (unpaired) electrons. The van der Waals surface area contributed by atoms with Crippen molar-refractivity contribution in [2.75, 3.05) is 6.61 Å². The van der Waals surface area contributed by atoms with Gasteiger partial charge >= 0.3 is 0 Å². The zero-order valence-electron chi connectivity index (χ0n) is 5.86. The molecule has 1 fully saturated rings. The van der Waals surface area contributed by atoms with Crippen molar-refractivity contribution in [3.8, 4) is 0 Å². The van der Waals surface area contributed by atoms with Crippen LogP contribution in [-0.2, 0) is 9.78 Å². The number of aliphatic hydroxyl groups excluding tert-OH is 2. The van der Waals surface area contributed by atoms with Crippen molar-refractivity contribution in [2.45, 2.75) is 31.7 Å². The van der Waals surface area contributed by atoms with Crippen LogP contribution < -0.4 is 0 Å². The predicted molar refractivity (Wildman–Crippen MR) is 33.1 cm³/mol. The topological polar surface area (TPSA) is 58.9 Å². The third kappa shape index (κ3) is 1.67. The van der Waals surface area contributed by atoms with E-state index in [0.29, 0.717) is 6.42 Å². The van der Waals surface area contributed by atoms with Crippen molar-refractivity contribution < 1.29 is 20.0 Å². The quantitative estimate of drug-likeness (QED) is 0.490. The lowest BCUT2D eigenvalue weighted by atomic mass is 10.1. The van der Waals surface area contributed by atoms with Gasteiger partial charge in [0.1, 0.15) is 12.2 Å². The largest absolute Gasteiger partial charge is 0.394 e. The van der Waals surface area contributed by atoms with Gasteiger partial charge in [-0.1, -0.05) is 0 Å². The molecule has 0 aromatic heterocycles. The van der Waals surface area contributed by atoms with Gasteiger partial charge in [0, 0.05) is 6.42 Å². The molecule has 10 heavy (non-hydrogen) atoms. The highest BCUT2D eigenvalue weighted by Crippen LogP contribution is 2.15. The molecule has 2 unspecified atom stereocenters. The second-order valence-electron chi connectivity index (χ2n) is 2.51. The SMILES string of the molecule is C[C@H]1OOC(CO)CC1O. The van der Waals surface area contributed by atoms with E-state index in [2.05, 4.69) is 4.89 Å². The second-order valence-corrected chi connectivity index (χ2v) is 2.51. The molecule has 4 nitrogen and oxygen atoms in total. The van der Waals surface area contributed by atoms with Gasteiger partial charge in [-0.3, -0.25) is 0 Å². The molecular weight excluding hydrogens is 136 g/mol. The highest BCUT2D eigenvalue weighted by atomic mass is 17.2. The average Bonchev–Trinajstić information content (AvgIpc) is 1.95. The zero-order valence-corrected chi connectivity index (χ0v) is 5.86. The number of hydrogen-bond acceptors (Lipinski definition) is 4. The fraction of sp³-hybridized carbons (Fsp3) is 1.00. The molecule has 0 aromatic carbocycles. The molecule has 0 bridgehead atoms. The Hall–Kier alpha value is -0.160. The molecule has 0 aliphatic carbocycles. The Kier molecular flexibility index (Phi) is 2.62. The summed E-state index contributed by atoms with van der Waals surface area (Å²) in [6.45, 7) is 1.61. The molecule has 1 saturated heterocycles. The molecule has 0 aromatic rings. The van der Waals surface area contributed by atoms with Gasteiger partial charge in [0.05, 0.1) is 12.7 Å². The summed E-state index contributed by atoms with van der Waals surface area (Å²) in [6.07, 6.45) is -0.739. The van der Waals surface area contributed by atoms with Crippen LogP contribution in [0.15, 0.2) is 0 Å². The van der Waals surface area contributed by atoms with Crippen LogP contribution in [-0.4, -0.2) is 35.1 Å². The third-order valence-electron chi connectivity index (χ3n) is 1.59. The molecule has 0 spiro atoms. The van der Waals surface area contributed by atoms with Crippen LogP contribution in [0, 0.1) is 0 Å². The summed E-state index contributed by atoms with van der Waals surface area (Å²) in [5.74, 6) is 0. The van der Waals surface area contributed by atoms with Gasteiger partial charge in [-0.05, 0) is 6.92 Å². The Morgan fingerprint density at radius 2 is 2.20 bits per heavy atom. The molecule has 1 aliphatic rings. The van der Waals surface area contributed by atoms with Crippen LogP contribution in [0.4, 0.5) is 0 Å². The monoisotopic (exact) mass is 148 g/mol. The summed E-state index contributed by atoms with van der Waals surface area (Å²) in [7, 11) is 0. The van der Waals surface area contributed by atoms with Gasteiger partial charge in [0.25, 0.3) is 0 Å². The van der Waals surface area contributed by atoms with Crippen LogP contribution in [0.5, 0.6) is 0 Å². The van der Waals surface area contributed by atoms with Crippen LogP contribution in [0.2, 0.25) is 0 Å². The van der Waals surface area contributed by atoms with Gasteiger partial charge in [0.2, 0.25) is 0 Å². The minimum Gasteiger partial charge on any atom is -0.394 e. The summed E-state index contributed by atoms with van der Waals surface area (Å²) in [5.41, 5.74) is 0.